The van der Waals surface area contributed by atoms with Crippen LogP contribution in [0, 0.1) is 53.5 Å². The Hall–Kier alpha value is -12.2. The number of carbonyl (C=O) groups is 8. The number of halogens is 10. The monoisotopic (exact) mass is 1720 g/mol. The van der Waals surface area contributed by atoms with Crippen LogP contribution in [-0.4, -0.2) is 102 Å². The lowest BCUT2D eigenvalue weighted by molar-refractivity contribution is -0.154. The van der Waals surface area contributed by atoms with Crippen molar-refractivity contribution in [1.29, 1.82) is 0 Å². The second-order valence-electron chi connectivity index (χ2n) is 31.1. The molecular weight excluding hydrogens is 1630 g/mol. The van der Waals surface area contributed by atoms with E-state index in [4.69, 9.17) is 42.1 Å². The number of aryl methyl sites for hydroxylation is 1. The molecule has 0 aliphatic carbocycles. The second kappa shape index (κ2) is 41.2. The maximum Gasteiger partial charge on any atom is 0.326 e. The van der Waals surface area contributed by atoms with Gasteiger partial charge in [0.2, 0.25) is 0 Å². The number of benzene rings is 11. The molecule has 11 rings (SSSR count). The smallest absolute Gasteiger partial charge is 0.326 e. The third-order valence-electron chi connectivity index (χ3n) is 16.8. The molecule has 0 aliphatic heterocycles. The van der Waals surface area contributed by atoms with Crippen LogP contribution in [0.1, 0.15) is 130 Å². The van der Waals surface area contributed by atoms with Crippen molar-refractivity contribution in [2.45, 2.75) is 117 Å². The number of hydrogen-bond acceptors (Lipinski definition) is 13. The van der Waals surface area contributed by atoms with Crippen LogP contribution in [-0.2, 0) is 38.1 Å². The summed E-state index contributed by atoms with van der Waals surface area (Å²) in [5.74, 6) is -14.3. The maximum absolute atomic E-state index is 14.5. The van der Waals surface area contributed by atoms with Gasteiger partial charge < -0.3 is 18.9 Å². The third-order valence-corrected chi connectivity index (χ3v) is 18.2. The minimum Gasteiger partial charge on any atom is -0.459 e. The quantitative estimate of drug-likeness (QED) is 0.0322. The normalized spacial score (nSPS) is 11.2. The van der Waals surface area contributed by atoms with Crippen molar-refractivity contribution in [3.05, 3.63) is 315 Å². The molecule has 11 aromatic rings. The Morgan fingerprint density at radius 3 is 1.12 bits per heavy atom. The van der Waals surface area contributed by atoms with Gasteiger partial charge in [-0.2, -0.15) is 0 Å². The van der Waals surface area contributed by atoms with Gasteiger partial charge >= 0.3 is 23.9 Å². The van der Waals surface area contributed by atoms with E-state index < -0.39 is 141 Å². The fourth-order valence-electron chi connectivity index (χ4n) is 11.9. The molecule has 0 aromatic heterocycles. The summed E-state index contributed by atoms with van der Waals surface area (Å²) in [6.45, 7) is 20.2. The van der Waals surface area contributed by atoms with Crippen molar-refractivity contribution in [3.63, 3.8) is 0 Å². The molecule has 0 saturated heterocycles. The molecule has 0 bridgehead atoms. The van der Waals surface area contributed by atoms with Gasteiger partial charge in [-0.1, -0.05) is 151 Å². The zero-order chi connectivity index (χ0) is 89.2. The summed E-state index contributed by atoms with van der Waals surface area (Å²) in [4.78, 5) is 108. The zero-order valence-corrected chi connectivity index (χ0v) is 71.0. The third kappa shape index (κ3) is 26.9. The van der Waals surface area contributed by atoms with Crippen molar-refractivity contribution in [2.24, 2.45) is 0 Å². The summed E-state index contributed by atoms with van der Waals surface area (Å²) in [6.07, 6.45) is 1.82. The molecule has 0 unspecified atom stereocenters. The minimum absolute atomic E-state index is 0.0237. The number of esters is 4. The molecule has 0 radical (unpaired) electrons. The molecule has 0 fully saturated rings. The molecule has 121 heavy (non-hydrogen) atoms. The van der Waals surface area contributed by atoms with E-state index in [9.17, 15) is 73.5 Å². The van der Waals surface area contributed by atoms with Crippen molar-refractivity contribution < 1.29 is 92.4 Å². The SMILES string of the molecule is CC(C)(C)OC(=O)CN(C(=O)c1c(F)cccc1Cl)c1cccc(-c2ccccc2)c1.CC(C)(C)OC(=O)CN(C(=O)c1c(F)cccc1Cl)c1cccc2ccccc12.CSc1cccc(N(CC(=O)OC(C)(C)C)C(=O)c2c(F)cc(F)cc2F)c1.Cc1ccc(-c2cccc(N(CC(=O)OC(C)(C)C)C(=O)c3c(F)cccc3F)c2)c(F)c1. The average Bonchev–Trinajstić information content (AvgIpc) is 0.800. The Kier molecular flexibility index (Phi) is 32.1. The predicted molar refractivity (Wildman–Crippen MR) is 456 cm³/mol. The Morgan fingerprint density at radius 1 is 0.331 bits per heavy atom. The highest BCUT2D eigenvalue weighted by Gasteiger charge is 2.34. The highest BCUT2D eigenvalue weighted by molar-refractivity contribution is 7.98. The summed E-state index contributed by atoms with van der Waals surface area (Å²) in [5, 5.41) is 1.58. The largest absolute Gasteiger partial charge is 0.459 e. The molecule has 27 heteroatoms. The van der Waals surface area contributed by atoms with Crippen LogP contribution in [0.15, 0.2) is 235 Å². The summed E-state index contributed by atoms with van der Waals surface area (Å²) < 4.78 is 135. The molecule has 11 aromatic carbocycles. The maximum atomic E-state index is 14.5. The Morgan fingerprint density at radius 2 is 0.678 bits per heavy atom. The van der Waals surface area contributed by atoms with Crippen molar-refractivity contribution >= 4 is 116 Å². The number of thioether (sulfide) groups is 1. The lowest BCUT2D eigenvalue weighted by Gasteiger charge is -2.26. The lowest BCUT2D eigenvalue weighted by atomic mass is 10.0. The number of fused-ring (bicyclic) bond motifs is 1. The van der Waals surface area contributed by atoms with E-state index in [1.807, 2.05) is 73.0 Å². The predicted octanol–water partition coefficient (Wildman–Crippen LogP) is 22.6. The molecule has 0 N–H and O–H groups in total. The highest BCUT2D eigenvalue weighted by atomic mass is 35.5. The molecular formula is C94H88Cl2F8N4O12S. The first-order chi connectivity index (χ1) is 56.8. The molecule has 632 valence electrons. The fraction of sp³-hybridized carbons (Fsp3) is 0.234. The van der Waals surface area contributed by atoms with Crippen LogP contribution in [0.3, 0.4) is 0 Å². The zero-order valence-electron chi connectivity index (χ0n) is 68.6. The fourth-order valence-corrected chi connectivity index (χ4v) is 12.9. The van der Waals surface area contributed by atoms with Crippen LogP contribution in [0.4, 0.5) is 57.9 Å². The molecule has 4 amide bonds. The van der Waals surface area contributed by atoms with Gasteiger partial charge in [-0.15, -0.1) is 11.8 Å². The van der Waals surface area contributed by atoms with E-state index in [1.165, 1.54) is 70.1 Å². The second-order valence-corrected chi connectivity index (χ2v) is 32.8. The molecule has 0 heterocycles. The van der Waals surface area contributed by atoms with Crippen LogP contribution < -0.4 is 19.6 Å². The summed E-state index contributed by atoms with van der Waals surface area (Å²) in [7, 11) is 0. The van der Waals surface area contributed by atoms with Crippen molar-refractivity contribution in [2.75, 3.05) is 52.0 Å². The van der Waals surface area contributed by atoms with E-state index in [2.05, 4.69) is 0 Å². The number of nitrogens with zero attached hydrogens (tertiary/aromatic N) is 4. The van der Waals surface area contributed by atoms with Crippen LogP contribution in [0.5, 0.6) is 0 Å². The minimum atomic E-state index is -1.35. The molecule has 0 aliphatic rings. The van der Waals surface area contributed by atoms with Gasteiger partial charge in [-0.25, -0.2) is 35.1 Å². The topological polar surface area (TPSA) is 186 Å². The van der Waals surface area contributed by atoms with Crippen LogP contribution in [0.25, 0.3) is 33.0 Å². The molecule has 0 spiro atoms. The van der Waals surface area contributed by atoms with E-state index in [-0.39, 0.29) is 51.2 Å². The number of anilines is 4. The number of carbonyl (C=O) groups excluding carboxylic acids is 8. The van der Waals surface area contributed by atoms with Gasteiger partial charge in [-0.3, -0.25) is 58.0 Å². The van der Waals surface area contributed by atoms with Gasteiger partial charge in [-0.05, 0) is 215 Å². The Labute approximate surface area is 710 Å². The highest BCUT2D eigenvalue weighted by Crippen LogP contribution is 2.35. The number of rotatable bonds is 19. The van der Waals surface area contributed by atoms with Gasteiger partial charge in [0.25, 0.3) is 23.6 Å². The number of hydrogen-bond donors (Lipinski definition) is 0. The first-order valence-electron chi connectivity index (χ1n) is 37.6. The van der Waals surface area contributed by atoms with Crippen LogP contribution >= 0.6 is 35.0 Å². The number of ether oxygens (including phenoxy) is 4. The number of amides is 4. The van der Waals surface area contributed by atoms with Gasteiger partial charge in [0.1, 0.15) is 106 Å². The first kappa shape index (κ1) is 94.3. The van der Waals surface area contributed by atoms with Crippen molar-refractivity contribution in [3.8, 4) is 22.3 Å². The first-order valence-corrected chi connectivity index (χ1v) is 39.5. The van der Waals surface area contributed by atoms with Gasteiger partial charge in [0.05, 0.1) is 26.9 Å². The summed E-state index contributed by atoms with van der Waals surface area (Å²) >= 11 is 13.6. The summed E-state index contributed by atoms with van der Waals surface area (Å²) in [6, 6.07) is 58.9. The van der Waals surface area contributed by atoms with Crippen LogP contribution in [0.2, 0.25) is 10.0 Å². The van der Waals surface area contributed by atoms with E-state index >= 15 is 0 Å². The molecule has 0 atom stereocenters. The molecule has 16 nitrogen and oxygen atoms in total. The standard InChI is InChI=1S/C26H24F3NO3.C25H23ClFNO3.C23H21ClFNO3.C20H20F3NO3S/c1-16-11-12-19(22(29)13-16)17-7-5-8-18(14-17)30(15-23(31)33-26(2,3)4)25(32)24-20(27)9-6-10-21(24)28;1-25(2,3)31-22(29)16-28(24(30)23-20(26)13-8-14-21(23)27)19-12-7-11-18(15-19)17-9-5-4-6-10-17;1-23(2,3)29-20(27)14-26(22(28)21-17(24)11-7-12-18(21)25)19-13-6-9-15-8-4-5-10-16(15)19;1-20(2,3)27-17(25)11-24(13-6-5-7-14(10-13)28-4)19(26)18-15(22)8-12(21)9-16(18)23/h5-14H,15H2,1-4H3;4-15H,16H2,1-3H3;4-13H,14H2,1-3H3;5-10H,11H2,1-4H3. The van der Waals surface area contributed by atoms with Gasteiger partial charge in [0, 0.05) is 45.0 Å². The van der Waals surface area contributed by atoms with E-state index in [0.29, 0.717) is 29.1 Å². The molecule has 0 saturated carbocycles. The van der Waals surface area contributed by atoms with E-state index in [1.54, 1.807) is 163 Å². The Balaban J connectivity index is 0.000000201. The van der Waals surface area contributed by atoms with Crippen molar-refractivity contribution in [1.82, 2.24) is 0 Å². The summed E-state index contributed by atoms with van der Waals surface area (Å²) in [5.41, 5.74) is -0.857. The Bertz CT molecular complexity index is 5550. The van der Waals surface area contributed by atoms with E-state index in [0.717, 1.165) is 72.5 Å². The average molecular weight is 1720 g/mol. The van der Waals surface area contributed by atoms with Gasteiger partial charge in [0.15, 0.2) is 0 Å². The lowest BCUT2D eigenvalue weighted by Crippen LogP contribution is -2.39.